The van der Waals surface area contributed by atoms with E-state index >= 15 is 0 Å². The number of pyridine rings is 1. The van der Waals surface area contributed by atoms with Gasteiger partial charge in [-0.3, -0.25) is 4.90 Å². The van der Waals surface area contributed by atoms with Gasteiger partial charge in [0.25, 0.3) is 0 Å². The van der Waals surface area contributed by atoms with Gasteiger partial charge in [0.2, 0.25) is 0 Å². The van der Waals surface area contributed by atoms with Gasteiger partial charge >= 0.3 is 0 Å². The zero-order valence-electron chi connectivity index (χ0n) is 17.6. The van der Waals surface area contributed by atoms with Crippen LogP contribution in [0.3, 0.4) is 0 Å². The summed E-state index contributed by atoms with van der Waals surface area (Å²) < 4.78 is 15.5. The fourth-order valence-corrected chi connectivity index (χ4v) is 3.87. The van der Waals surface area contributed by atoms with Crippen molar-refractivity contribution in [2.75, 3.05) is 37.6 Å². The van der Waals surface area contributed by atoms with Crippen LogP contribution in [0, 0.1) is 24.1 Å². The number of rotatable bonds is 5. The summed E-state index contributed by atoms with van der Waals surface area (Å²) in [5.74, 6) is 0.247. The van der Waals surface area contributed by atoms with Crippen molar-refractivity contribution in [1.29, 1.82) is 5.26 Å². The van der Waals surface area contributed by atoms with Crippen molar-refractivity contribution in [3.63, 3.8) is 0 Å². The Morgan fingerprint density at radius 3 is 2.72 bits per heavy atom. The van der Waals surface area contributed by atoms with Crippen LogP contribution >= 0.6 is 24.0 Å². The Balaban J connectivity index is 0.00000289. The number of nitriles is 1. The lowest BCUT2D eigenvalue weighted by molar-refractivity contribution is 0.284. The molecule has 0 radical (unpaired) electrons. The summed E-state index contributed by atoms with van der Waals surface area (Å²) in [5, 5.41) is 14.0. The van der Waals surface area contributed by atoms with Gasteiger partial charge in [0.1, 0.15) is 5.82 Å². The Labute approximate surface area is 197 Å². The highest BCUT2D eigenvalue weighted by Gasteiger charge is 2.17. The highest BCUT2D eigenvalue weighted by Crippen LogP contribution is 2.21. The maximum atomic E-state index is 13.7. The molecule has 0 N–H and O–H groups in total. The second-order valence-corrected chi connectivity index (χ2v) is 7.81. The molecule has 3 aromatic rings. The molecule has 0 saturated carbocycles. The van der Waals surface area contributed by atoms with E-state index in [2.05, 4.69) is 32.0 Å². The van der Waals surface area contributed by atoms with Crippen molar-refractivity contribution < 1.29 is 4.39 Å². The molecule has 0 bridgehead atoms. The zero-order valence-corrected chi connectivity index (χ0v) is 19.2. The summed E-state index contributed by atoms with van der Waals surface area (Å²) in [6.45, 7) is 6.12. The topological polar surface area (TPSA) is 61.0 Å². The molecule has 4 rings (SSSR count). The largest absolute Gasteiger partial charge is 0.369 e. The quantitative estimate of drug-likeness (QED) is 0.546. The molecule has 1 saturated heterocycles. The number of hydrogen-bond donors (Lipinski definition) is 0. The Morgan fingerprint density at radius 2 is 2.00 bits per heavy atom. The van der Waals surface area contributed by atoms with Crippen LogP contribution in [-0.2, 0) is 0 Å². The first-order valence-corrected chi connectivity index (χ1v) is 10.4. The van der Waals surface area contributed by atoms with Gasteiger partial charge in [0.15, 0.2) is 5.82 Å². The molecule has 32 heavy (non-hydrogen) atoms. The first-order valence-electron chi connectivity index (χ1n) is 10.0. The third-order valence-electron chi connectivity index (χ3n) is 5.40. The van der Waals surface area contributed by atoms with Gasteiger partial charge in [-0.05, 0) is 37.3 Å². The summed E-state index contributed by atoms with van der Waals surface area (Å²) in [6, 6.07) is 10.1. The van der Waals surface area contributed by atoms with Crippen LogP contribution in [0.4, 0.5) is 10.1 Å². The van der Waals surface area contributed by atoms with Crippen molar-refractivity contribution >= 4 is 35.8 Å². The Bertz CT molecular complexity index is 1150. The van der Waals surface area contributed by atoms with Crippen LogP contribution in [0.5, 0.6) is 0 Å². The monoisotopic (exact) mass is 472 g/mol. The van der Waals surface area contributed by atoms with Gasteiger partial charge in [-0.15, -0.1) is 12.4 Å². The molecule has 0 unspecified atom stereocenters. The lowest BCUT2D eigenvalue weighted by Crippen LogP contribution is -2.46. The number of anilines is 1. The second kappa shape index (κ2) is 10.6. The van der Waals surface area contributed by atoms with Gasteiger partial charge in [-0.1, -0.05) is 23.8 Å². The fourth-order valence-electron chi connectivity index (χ4n) is 3.67. The molecule has 166 valence electrons. The first kappa shape index (κ1) is 23.7. The molecular formula is C23H23Cl2FN6. The van der Waals surface area contributed by atoms with Gasteiger partial charge < -0.3 is 4.90 Å². The molecule has 1 fully saturated rings. The minimum Gasteiger partial charge on any atom is -0.369 e. The average Bonchev–Trinajstić information content (AvgIpc) is 3.14. The van der Waals surface area contributed by atoms with Crippen LogP contribution in [0.2, 0.25) is 5.02 Å². The molecule has 1 aromatic carbocycles. The molecule has 0 aliphatic carbocycles. The Hall–Kier alpha value is -2.92. The number of nitrogens with zero attached hydrogens (tertiary/aromatic N) is 6. The van der Waals surface area contributed by atoms with E-state index in [9.17, 15) is 4.39 Å². The molecule has 0 atom stereocenters. The van der Waals surface area contributed by atoms with Crippen molar-refractivity contribution in [1.82, 2.24) is 19.7 Å². The number of halogens is 3. The van der Waals surface area contributed by atoms with E-state index in [0.717, 1.165) is 49.7 Å². The number of piperazine rings is 1. The first-order chi connectivity index (χ1) is 15.0. The van der Waals surface area contributed by atoms with E-state index in [1.807, 2.05) is 19.2 Å². The predicted octanol–water partition coefficient (Wildman–Crippen LogP) is 4.50. The van der Waals surface area contributed by atoms with E-state index in [1.54, 1.807) is 29.1 Å². The SMILES string of the molecule is Cc1c(C=CCN2CCN(c3cc(F)cc(C#N)c3)CC2)cnn1-c1ncccc1Cl.Cl. The standard InChI is InChI=1S/C23H22ClFN6.ClH/c1-17-19(16-28-31(17)23-22(24)5-2-6-27-23)4-3-7-29-8-10-30(11-9-29)21-13-18(15-26)12-20(25)14-21;/h2-6,12-14,16H,7-11H2,1H3;1H. The third-order valence-corrected chi connectivity index (χ3v) is 5.69. The second-order valence-electron chi connectivity index (χ2n) is 7.41. The molecule has 1 aliphatic heterocycles. The summed E-state index contributed by atoms with van der Waals surface area (Å²) >= 11 is 6.24. The third kappa shape index (κ3) is 5.28. The van der Waals surface area contributed by atoms with Crippen LogP contribution in [0.15, 0.2) is 48.8 Å². The van der Waals surface area contributed by atoms with Crippen molar-refractivity contribution in [3.8, 4) is 11.9 Å². The van der Waals surface area contributed by atoms with E-state index in [1.165, 1.54) is 12.1 Å². The molecule has 3 heterocycles. The minimum atomic E-state index is -0.373. The highest BCUT2D eigenvalue weighted by atomic mass is 35.5. The smallest absolute Gasteiger partial charge is 0.172 e. The molecule has 2 aromatic heterocycles. The number of benzene rings is 1. The van der Waals surface area contributed by atoms with E-state index < -0.39 is 0 Å². The lowest BCUT2D eigenvalue weighted by Gasteiger charge is -2.35. The van der Waals surface area contributed by atoms with Gasteiger partial charge in [0, 0.05) is 50.2 Å². The van der Waals surface area contributed by atoms with Crippen molar-refractivity contribution in [3.05, 3.63) is 76.5 Å². The summed E-state index contributed by atoms with van der Waals surface area (Å²) in [7, 11) is 0. The lowest BCUT2D eigenvalue weighted by atomic mass is 10.1. The Kier molecular flexibility index (Phi) is 7.86. The highest BCUT2D eigenvalue weighted by molar-refractivity contribution is 6.32. The molecule has 0 amide bonds. The van der Waals surface area contributed by atoms with E-state index in [-0.39, 0.29) is 18.2 Å². The molecule has 0 spiro atoms. The predicted molar refractivity (Wildman–Crippen MR) is 127 cm³/mol. The van der Waals surface area contributed by atoms with Crippen LogP contribution in [-0.4, -0.2) is 52.4 Å². The minimum absolute atomic E-state index is 0. The number of hydrogen-bond acceptors (Lipinski definition) is 5. The summed E-state index contributed by atoms with van der Waals surface area (Å²) in [6.07, 6.45) is 7.70. The van der Waals surface area contributed by atoms with Gasteiger partial charge in [-0.25, -0.2) is 14.1 Å². The average molecular weight is 473 g/mol. The van der Waals surface area contributed by atoms with Crippen molar-refractivity contribution in [2.24, 2.45) is 0 Å². The summed E-state index contributed by atoms with van der Waals surface area (Å²) in [5.41, 5.74) is 3.11. The van der Waals surface area contributed by atoms with Crippen LogP contribution in [0.25, 0.3) is 11.9 Å². The molecule has 9 heteroatoms. The van der Waals surface area contributed by atoms with Gasteiger partial charge in [-0.2, -0.15) is 10.4 Å². The normalized spacial score (nSPS) is 14.4. The Morgan fingerprint density at radius 1 is 1.22 bits per heavy atom. The maximum Gasteiger partial charge on any atom is 0.172 e. The maximum absolute atomic E-state index is 13.7. The van der Waals surface area contributed by atoms with Crippen LogP contribution < -0.4 is 4.90 Å². The number of aromatic nitrogens is 3. The molecule has 1 aliphatic rings. The van der Waals surface area contributed by atoms with Gasteiger partial charge in [0.05, 0.1) is 28.5 Å². The fraction of sp³-hybridized carbons (Fsp3) is 0.261. The molecular weight excluding hydrogens is 450 g/mol. The molecule has 6 nitrogen and oxygen atoms in total. The van der Waals surface area contributed by atoms with E-state index in [4.69, 9.17) is 16.9 Å². The van der Waals surface area contributed by atoms with E-state index in [0.29, 0.717) is 16.4 Å². The summed E-state index contributed by atoms with van der Waals surface area (Å²) in [4.78, 5) is 8.78. The van der Waals surface area contributed by atoms with Crippen molar-refractivity contribution in [2.45, 2.75) is 6.92 Å². The zero-order chi connectivity index (χ0) is 21.8. The van der Waals surface area contributed by atoms with Crippen LogP contribution in [0.1, 0.15) is 16.8 Å².